The van der Waals surface area contributed by atoms with Gasteiger partial charge in [0.1, 0.15) is 0 Å². The molecule has 0 fully saturated rings. The second-order valence-corrected chi connectivity index (χ2v) is 5.37. The molecule has 1 amide bonds. The van der Waals surface area contributed by atoms with Gasteiger partial charge in [0.05, 0.1) is 6.54 Å². The molecule has 5 heteroatoms. The van der Waals surface area contributed by atoms with E-state index < -0.39 is 5.97 Å². The summed E-state index contributed by atoms with van der Waals surface area (Å²) < 4.78 is 0. The van der Waals surface area contributed by atoms with Crippen LogP contribution in [-0.4, -0.2) is 28.9 Å². The van der Waals surface area contributed by atoms with E-state index in [0.717, 1.165) is 29.4 Å². The normalized spacial score (nSPS) is 10.8. The van der Waals surface area contributed by atoms with Crippen molar-refractivity contribution in [2.45, 2.75) is 32.7 Å². The van der Waals surface area contributed by atoms with Crippen LogP contribution in [0.1, 0.15) is 36.6 Å². The predicted molar refractivity (Wildman–Crippen MR) is 77.0 cm³/mol. The number of hydrogen-bond donors (Lipinski definition) is 1. The molecule has 0 spiro atoms. The summed E-state index contributed by atoms with van der Waals surface area (Å²) >= 11 is 1.53. The summed E-state index contributed by atoms with van der Waals surface area (Å²) in [6.45, 7) is 2.64. The van der Waals surface area contributed by atoms with E-state index in [9.17, 15) is 9.59 Å². The first kappa shape index (κ1) is 15.4. The van der Waals surface area contributed by atoms with Gasteiger partial charge in [-0.25, -0.2) is 4.79 Å². The van der Waals surface area contributed by atoms with Crippen molar-refractivity contribution in [1.29, 1.82) is 0 Å². The van der Waals surface area contributed by atoms with Crippen LogP contribution in [0.4, 0.5) is 0 Å². The van der Waals surface area contributed by atoms with Crippen molar-refractivity contribution in [2.75, 3.05) is 7.05 Å². The van der Waals surface area contributed by atoms with Gasteiger partial charge in [-0.15, -0.1) is 11.3 Å². The highest BCUT2D eigenvalue weighted by molar-refractivity contribution is 7.10. The average Bonchev–Trinajstić information content (AvgIpc) is 2.81. The molecule has 19 heavy (non-hydrogen) atoms. The third kappa shape index (κ3) is 5.70. The SMILES string of the molecule is CCCCC(=O)N(C)Cc1cc(C=CC(=O)O)cs1. The van der Waals surface area contributed by atoms with Crippen molar-refractivity contribution in [3.63, 3.8) is 0 Å². The summed E-state index contributed by atoms with van der Waals surface area (Å²) in [6, 6.07) is 1.91. The average molecular weight is 281 g/mol. The number of rotatable bonds is 7. The van der Waals surface area contributed by atoms with Crippen LogP contribution >= 0.6 is 11.3 Å². The van der Waals surface area contributed by atoms with E-state index in [1.165, 1.54) is 11.3 Å². The molecule has 4 nitrogen and oxygen atoms in total. The first-order valence-electron chi connectivity index (χ1n) is 6.25. The number of carboxylic acids is 1. The molecule has 1 heterocycles. The Hall–Kier alpha value is -1.62. The number of amides is 1. The van der Waals surface area contributed by atoms with E-state index in [1.807, 2.05) is 11.4 Å². The maximum Gasteiger partial charge on any atom is 0.328 e. The van der Waals surface area contributed by atoms with Gasteiger partial charge in [0, 0.05) is 24.4 Å². The number of unbranched alkanes of at least 4 members (excludes halogenated alkanes) is 1. The zero-order chi connectivity index (χ0) is 14.3. The van der Waals surface area contributed by atoms with Gasteiger partial charge in [-0.05, 0) is 29.5 Å². The monoisotopic (exact) mass is 281 g/mol. The first-order chi connectivity index (χ1) is 9.02. The van der Waals surface area contributed by atoms with Gasteiger partial charge in [0.2, 0.25) is 5.91 Å². The van der Waals surface area contributed by atoms with Crippen LogP contribution < -0.4 is 0 Å². The summed E-state index contributed by atoms with van der Waals surface area (Å²) in [5.41, 5.74) is 0.858. The fourth-order valence-corrected chi connectivity index (χ4v) is 2.48. The highest BCUT2D eigenvalue weighted by Gasteiger charge is 2.09. The molecule has 0 atom stereocenters. The summed E-state index contributed by atoms with van der Waals surface area (Å²) in [5.74, 6) is -0.808. The summed E-state index contributed by atoms with van der Waals surface area (Å²) in [6.07, 6.45) is 5.19. The van der Waals surface area contributed by atoms with Crippen molar-refractivity contribution in [3.8, 4) is 0 Å². The molecular weight excluding hydrogens is 262 g/mol. The molecule has 0 saturated carbocycles. The molecule has 0 radical (unpaired) electrons. The predicted octanol–water partition coefficient (Wildman–Crippen LogP) is 2.99. The molecule has 0 bridgehead atoms. The third-order valence-corrected chi connectivity index (χ3v) is 3.60. The molecule has 0 saturated heterocycles. The molecule has 0 aliphatic rings. The van der Waals surface area contributed by atoms with Crippen molar-refractivity contribution in [2.24, 2.45) is 0 Å². The van der Waals surface area contributed by atoms with Crippen molar-refractivity contribution >= 4 is 29.3 Å². The van der Waals surface area contributed by atoms with Crippen LogP contribution in [0.3, 0.4) is 0 Å². The minimum atomic E-state index is -0.959. The molecule has 104 valence electrons. The minimum absolute atomic E-state index is 0.151. The summed E-state index contributed by atoms with van der Waals surface area (Å²) in [5, 5.41) is 10.4. The molecule has 0 aliphatic carbocycles. The van der Waals surface area contributed by atoms with Crippen LogP contribution in [0, 0.1) is 0 Å². The zero-order valence-corrected chi connectivity index (χ0v) is 12.1. The Labute approximate surface area is 117 Å². The molecule has 1 aromatic heterocycles. The van der Waals surface area contributed by atoms with Crippen LogP contribution in [0.25, 0.3) is 6.08 Å². The molecule has 1 N–H and O–H groups in total. The largest absolute Gasteiger partial charge is 0.478 e. The van der Waals surface area contributed by atoms with Gasteiger partial charge in [0.25, 0.3) is 0 Å². The molecule has 0 aromatic carbocycles. The second kappa shape index (κ2) is 7.74. The Kier molecular flexibility index (Phi) is 6.29. The number of nitrogens with zero attached hydrogens (tertiary/aromatic N) is 1. The number of thiophene rings is 1. The molecule has 1 aromatic rings. The fourth-order valence-electron chi connectivity index (χ4n) is 1.58. The Balaban J connectivity index is 2.53. The topological polar surface area (TPSA) is 57.6 Å². The Morgan fingerprint density at radius 1 is 1.47 bits per heavy atom. The lowest BCUT2D eigenvalue weighted by Gasteiger charge is -2.15. The Morgan fingerprint density at radius 2 is 2.21 bits per heavy atom. The number of carbonyl (C=O) groups excluding carboxylic acids is 1. The Morgan fingerprint density at radius 3 is 2.84 bits per heavy atom. The van der Waals surface area contributed by atoms with E-state index in [2.05, 4.69) is 6.92 Å². The van der Waals surface area contributed by atoms with Gasteiger partial charge in [-0.1, -0.05) is 13.3 Å². The maximum absolute atomic E-state index is 11.8. The number of hydrogen-bond acceptors (Lipinski definition) is 3. The van der Waals surface area contributed by atoms with Crippen molar-refractivity contribution in [1.82, 2.24) is 4.90 Å². The van der Waals surface area contributed by atoms with Crippen LogP contribution in [0.5, 0.6) is 0 Å². The quantitative estimate of drug-likeness (QED) is 0.782. The van der Waals surface area contributed by atoms with Crippen LogP contribution in [0.2, 0.25) is 0 Å². The second-order valence-electron chi connectivity index (χ2n) is 4.37. The fraction of sp³-hybridized carbons (Fsp3) is 0.429. The van der Waals surface area contributed by atoms with Crippen molar-refractivity contribution < 1.29 is 14.7 Å². The van der Waals surface area contributed by atoms with E-state index in [4.69, 9.17) is 5.11 Å². The molecule has 0 aliphatic heterocycles. The molecule has 1 rings (SSSR count). The minimum Gasteiger partial charge on any atom is -0.478 e. The van der Waals surface area contributed by atoms with Crippen LogP contribution in [0.15, 0.2) is 17.5 Å². The molecular formula is C14H19NO3S. The Bertz CT molecular complexity index is 465. The maximum atomic E-state index is 11.8. The number of carbonyl (C=O) groups is 2. The lowest BCUT2D eigenvalue weighted by Crippen LogP contribution is -2.25. The number of carboxylic acid groups (broad SMARTS) is 1. The number of aliphatic carboxylic acids is 1. The highest BCUT2D eigenvalue weighted by Crippen LogP contribution is 2.18. The van der Waals surface area contributed by atoms with E-state index in [-0.39, 0.29) is 5.91 Å². The molecule has 0 unspecified atom stereocenters. The summed E-state index contributed by atoms with van der Waals surface area (Å²) in [4.78, 5) is 24.9. The lowest BCUT2D eigenvalue weighted by atomic mass is 10.2. The standard InChI is InChI=1S/C14H19NO3S/c1-3-4-5-13(16)15(2)9-12-8-11(10-19-12)6-7-14(17)18/h6-8,10H,3-5,9H2,1-2H3,(H,17,18). The summed E-state index contributed by atoms with van der Waals surface area (Å²) in [7, 11) is 1.80. The van der Waals surface area contributed by atoms with Crippen molar-refractivity contribution in [3.05, 3.63) is 28.0 Å². The van der Waals surface area contributed by atoms with Gasteiger partial charge in [0.15, 0.2) is 0 Å². The first-order valence-corrected chi connectivity index (χ1v) is 7.13. The highest BCUT2D eigenvalue weighted by atomic mass is 32.1. The third-order valence-electron chi connectivity index (χ3n) is 2.66. The van der Waals surface area contributed by atoms with Gasteiger partial charge in [-0.2, -0.15) is 0 Å². The van der Waals surface area contributed by atoms with E-state index >= 15 is 0 Å². The smallest absolute Gasteiger partial charge is 0.328 e. The van der Waals surface area contributed by atoms with Crippen LogP contribution in [-0.2, 0) is 16.1 Å². The lowest BCUT2D eigenvalue weighted by molar-refractivity contribution is -0.131. The van der Waals surface area contributed by atoms with E-state index in [1.54, 1.807) is 18.0 Å². The zero-order valence-electron chi connectivity index (χ0n) is 11.3. The van der Waals surface area contributed by atoms with Gasteiger partial charge >= 0.3 is 5.97 Å². The van der Waals surface area contributed by atoms with Gasteiger partial charge in [-0.3, -0.25) is 4.79 Å². The van der Waals surface area contributed by atoms with Gasteiger partial charge < -0.3 is 10.0 Å². The van der Waals surface area contributed by atoms with E-state index in [0.29, 0.717) is 13.0 Å².